The Morgan fingerprint density at radius 3 is 2.46 bits per heavy atom. The zero-order chi connectivity index (χ0) is 24.6. The summed E-state index contributed by atoms with van der Waals surface area (Å²) < 4.78 is 0. The highest BCUT2D eigenvalue weighted by atomic mass is 17.2. The Morgan fingerprint density at radius 1 is 0.914 bits per heavy atom. The molecule has 0 unspecified atom stereocenters. The van der Waals surface area contributed by atoms with Gasteiger partial charge in [0.05, 0.1) is 18.7 Å². The van der Waals surface area contributed by atoms with Crippen molar-refractivity contribution in [3.8, 4) is 11.3 Å². The number of urea groups is 1. The van der Waals surface area contributed by atoms with Gasteiger partial charge in [-0.3, -0.25) is 9.79 Å². The summed E-state index contributed by atoms with van der Waals surface area (Å²) in [6, 6.07) is 26.9. The van der Waals surface area contributed by atoms with Gasteiger partial charge in [-0.1, -0.05) is 60.7 Å². The van der Waals surface area contributed by atoms with Crippen LogP contribution in [0.5, 0.6) is 0 Å². The van der Waals surface area contributed by atoms with Crippen molar-refractivity contribution in [1.82, 2.24) is 4.98 Å². The number of nitrogens with one attached hydrogen (secondary N) is 1. The van der Waals surface area contributed by atoms with Gasteiger partial charge in [-0.25, -0.2) is 14.6 Å². The van der Waals surface area contributed by atoms with Gasteiger partial charge in [0.1, 0.15) is 5.82 Å². The van der Waals surface area contributed by atoms with Crippen molar-refractivity contribution >= 4 is 34.3 Å². The molecular weight excluding hydrogens is 442 g/mol. The summed E-state index contributed by atoms with van der Waals surface area (Å²) in [7, 11) is 1.69. The van der Waals surface area contributed by atoms with E-state index in [2.05, 4.69) is 20.1 Å². The Kier molecular flexibility index (Phi) is 7.70. The Hall–Kier alpha value is -4.23. The summed E-state index contributed by atoms with van der Waals surface area (Å²) >= 11 is 0. The Balaban J connectivity index is 1.41. The van der Waals surface area contributed by atoms with Gasteiger partial charge in [0.25, 0.3) is 0 Å². The average molecular weight is 470 g/mol. The summed E-state index contributed by atoms with van der Waals surface area (Å²) in [5.74, 6) is 0.138. The van der Waals surface area contributed by atoms with E-state index in [4.69, 9.17) is 0 Å². The molecular formula is C28H27N3O4. The molecule has 0 saturated carbocycles. The van der Waals surface area contributed by atoms with E-state index in [-0.39, 0.29) is 12.5 Å². The predicted octanol–water partition coefficient (Wildman–Crippen LogP) is 6.00. The second-order valence-corrected chi connectivity index (χ2v) is 7.99. The van der Waals surface area contributed by atoms with Crippen molar-refractivity contribution in [2.45, 2.75) is 19.8 Å². The fourth-order valence-electron chi connectivity index (χ4n) is 3.60. The quantitative estimate of drug-likeness (QED) is 0.253. The average Bonchev–Trinajstić information content (AvgIpc) is 2.90. The third-order valence-electron chi connectivity index (χ3n) is 5.52. The van der Waals surface area contributed by atoms with Gasteiger partial charge in [0.2, 0.25) is 0 Å². The van der Waals surface area contributed by atoms with Gasteiger partial charge in [-0.2, -0.15) is 4.89 Å². The van der Waals surface area contributed by atoms with Crippen LogP contribution in [0.2, 0.25) is 0 Å². The molecule has 0 bridgehead atoms. The van der Waals surface area contributed by atoms with E-state index in [0.717, 1.165) is 33.3 Å². The third kappa shape index (κ3) is 6.22. The highest BCUT2D eigenvalue weighted by Gasteiger charge is 2.14. The van der Waals surface area contributed by atoms with Crippen LogP contribution in [0, 0.1) is 0 Å². The zero-order valence-electron chi connectivity index (χ0n) is 19.7. The molecule has 4 rings (SSSR count). The monoisotopic (exact) mass is 469 g/mol. The molecule has 35 heavy (non-hydrogen) atoms. The number of pyridine rings is 1. The highest BCUT2D eigenvalue weighted by molar-refractivity contribution is 6.02. The van der Waals surface area contributed by atoms with Crippen molar-refractivity contribution in [3.05, 3.63) is 90.5 Å². The van der Waals surface area contributed by atoms with Crippen LogP contribution in [0.15, 0.2) is 84.9 Å². The van der Waals surface area contributed by atoms with Crippen LogP contribution in [0.1, 0.15) is 18.9 Å². The lowest BCUT2D eigenvalue weighted by Crippen LogP contribution is -2.31. The Bertz CT molecular complexity index is 1320. The van der Waals surface area contributed by atoms with Gasteiger partial charge >= 0.3 is 12.0 Å². The number of nitrogens with zero attached hydrogens (tertiary/aromatic N) is 2. The van der Waals surface area contributed by atoms with Crippen LogP contribution in [-0.2, 0) is 21.0 Å². The predicted molar refractivity (Wildman–Crippen MR) is 137 cm³/mol. The molecule has 0 saturated heterocycles. The van der Waals surface area contributed by atoms with Crippen LogP contribution in [0.25, 0.3) is 22.0 Å². The molecule has 0 aliphatic carbocycles. The number of rotatable bonds is 8. The number of aryl methyl sites for hydroxylation is 1. The number of carbonyl (C=O) groups excluding carboxylic acids is 2. The Labute approximate surface area is 204 Å². The maximum Gasteiger partial charge on any atom is 0.342 e. The summed E-state index contributed by atoms with van der Waals surface area (Å²) in [6.07, 6.45) is 0.793. The van der Waals surface area contributed by atoms with Gasteiger partial charge < -0.3 is 5.32 Å². The Morgan fingerprint density at radius 2 is 1.69 bits per heavy atom. The summed E-state index contributed by atoms with van der Waals surface area (Å²) in [5, 5.41) is 5.11. The van der Waals surface area contributed by atoms with E-state index in [1.54, 1.807) is 20.0 Å². The van der Waals surface area contributed by atoms with E-state index in [1.165, 1.54) is 4.90 Å². The molecule has 3 aromatic carbocycles. The molecule has 1 aromatic heterocycles. The first-order valence-corrected chi connectivity index (χ1v) is 11.5. The van der Waals surface area contributed by atoms with Crippen molar-refractivity contribution in [3.63, 3.8) is 0 Å². The number of amides is 2. The number of hydrogen-bond donors (Lipinski definition) is 1. The minimum absolute atomic E-state index is 0.240. The minimum Gasteiger partial charge on any atom is -0.307 e. The molecule has 1 N–H and O–H groups in total. The van der Waals surface area contributed by atoms with Crippen LogP contribution < -0.4 is 10.2 Å². The number of aromatic nitrogens is 1. The molecule has 1 heterocycles. The number of fused-ring (bicyclic) bond motifs is 1. The molecule has 7 heteroatoms. The van der Waals surface area contributed by atoms with Gasteiger partial charge in [0, 0.05) is 18.3 Å². The van der Waals surface area contributed by atoms with Crippen molar-refractivity contribution in [2.24, 2.45) is 0 Å². The van der Waals surface area contributed by atoms with Crippen molar-refractivity contribution < 1.29 is 19.4 Å². The van der Waals surface area contributed by atoms with Crippen LogP contribution in [-0.4, -0.2) is 30.6 Å². The second kappa shape index (κ2) is 11.3. The first-order chi connectivity index (χ1) is 17.0. The van der Waals surface area contributed by atoms with E-state index < -0.39 is 5.97 Å². The standard InChI is InChI=1S/C28H27N3O4/c1-3-34-35-27(32)18-13-20-11-14-22(15-12-20)25-9-6-10-26(30-25)31(2)28(33)29-24-17-16-21-7-4-5-8-23(21)19-24/h4-12,14-17,19H,3,13,18H2,1-2H3,(H,29,33). The van der Waals surface area contributed by atoms with E-state index >= 15 is 0 Å². The smallest absolute Gasteiger partial charge is 0.307 e. The van der Waals surface area contributed by atoms with E-state index in [1.807, 2.05) is 78.9 Å². The number of anilines is 2. The third-order valence-corrected chi connectivity index (χ3v) is 5.52. The molecule has 0 radical (unpaired) electrons. The molecule has 0 fully saturated rings. The summed E-state index contributed by atoms with van der Waals surface area (Å²) in [6.45, 7) is 2.08. The molecule has 4 aromatic rings. The largest absolute Gasteiger partial charge is 0.342 e. The maximum atomic E-state index is 12.9. The number of carbonyl (C=O) groups is 2. The minimum atomic E-state index is -0.393. The molecule has 178 valence electrons. The normalized spacial score (nSPS) is 10.7. The number of hydrogen-bond acceptors (Lipinski definition) is 5. The van der Waals surface area contributed by atoms with Crippen LogP contribution in [0.3, 0.4) is 0 Å². The SMILES string of the molecule is CCOOC(=O)CCc1ccc(-c2cccc(N(C)C(=O)Nc3ccc4ccccc4c3)n2)cc1. The molecule has 0 atom stereocenters. The summed E-state index contributed by atoms with van der Waals surface area (Å²) in [5.41, 5.74) is 3.38. The maximum absolute atomic E-state index is 12.9. The lowest BCUT2D eigenvalue weighted by molar-refractivity contribution is -0.269. The fraction of sp³-hybridized carbons (Fsp3) is 0.179. The van der Waals surface area contributed by atoms with Crippen molar-refractivity contribution in [2.75, 3.05) is 23.9 Å². The van der Waals surface area contributed by atoms with Gasteiger partial charge in [0.15, 0.2) is 0 Å². The number of benzene rings is 3. The molecule has 7 nitrogen and oxygen atoms in total. The molecule has 0 aliphatic heterocycles. The lowest BCUT2D eigenvalue weighted by Gasteiger charge is -2.18. The van der Waals surface area contributed by atoms with E-state index in [9.17, 15) is 9.59 Å². The zero-order valence-corrected chi connectivity index (χ0v) is 19.7. The molecule has 2 amide bonds. The van der Waals surface area contributed by atoms with Gasteiger partial charge in [-0.15, -0.1) is 0 Å². The highest BCUT2D eigenvalue weighted by Crippen LogP contribution is 2.23. The first-order valence-electron chi connectivity index (χ1n) is 11.5. The van der Waals surface area contributed by atoms with Gasteiger partial charge in [-0.05, 0) is 53.9 Å². The van der Waals surface area contributed by atoms with E-state index in [0.29, 0.717) is 18.8 Å². The molecule has 0 aliphatic rings. The first kappa shape index (κ1) is 23.9. The fourth-order valence-corrected chi connectivity index (χ4v) is 3.60. The lowest BCUT2D eigenvalue weighted by atomic mass is 10.1. The molecule has 0 spiro atoms. The van der Waals surface area contributed by atoms with Crippen molar-refractivity contribution in [1.29, 1.82) is 0 Å². The summed E-state index contributed by atoms with van der Waals surface area (Å²) in [4.78, 5) is 39.9. The van der Waals surface area contributed by atoms with Crippen LogP contribution in [0.4, 0.5) is 16.3 Å². The van der Waals surface area contributed by atoms with Crippen LogP contribution >= 0.6 is 0 Å². The second-order valence-electron chi connectivity index (χ2n) is 7.99. The topological polar surface area (TPSA) is 80.8 Å².